The van der Waals surface area contributed by atoms with Crippen molar-refractivity contribution in [3.63, 3.8) is 0 Å². The van der Waals surface area contributed by atoms with Crippen molar-refractivity contribution >= 4 is 21.8 Å². The Morgan fingerprint density at radius 1 is 1.61 bits per heavy atom. The van der Waals surface area contributed by atoms with E-state index < -0.39 is 0 Å². The van der Waals surface area contributed by atoms with Crippen LogP contribution in [0.3, 0.4) is 0 Å². The largest absolute Gasteiger partial charge is 0.342 e. The minimum atomic E-state index is 0.101. The Hall–Kier alpha value is -0.810. The minimum Gasteiger partial charge on any atom is -0.342 e. The summed E-state index contributed by atoms with van der Waals surface area (Å²) < 4.78 is 2.98. The van der Waals surface area contributed by atoms with Crippen molar-refractivity contribution in [1.82, 2.24) is 9.47 Å². The molecule has 0 aromatic carbocycles. The third-order valence-electron chi connectivity index (χ3n) is 3.29. The number of aromatic nitrogens is 1. The van der Waals surface area contributed by atoms with E-state index in [1.807, 2.05) is 21.7 Å². The summed E-state index contributed by atoms with van der Waals surface area (Å²) in [7, 11) is 0. The molecule has 1 atom stereocenters. The first-order chi connectivity index (χ1) is 8.61. The summed E-state index contributed by atoms with van der Waals surface area (Å²) in [6.07, 6.45) is 5.01. The number of halogens is 1. The van der Waals surface area contributed by atoms with Crippen molar-refractivity contribution < 1.29 is 4.79 Å². The lowest BCUT2D eigenvalue weighted by Gasteiger charge is -2.31. The van der Waals surface area contributed by atoms with Crippen molar-refractivity contribution in [3.8, 4) is 0 Å². The highest BCUT2D eigenvalue weighted by Gasteiger charge is 2.24. The smallest absolute Gasteiger partial charge is 0.270 e. The van der Waals surface area contributed by atoms with Gasteiger partial charge in [-0.1, -0.05) is 6.92 Å². The van der Waals surface area contributed by atoms with Crippen molar-refractivity contribution in [2.24, 2.45) is 5.73 Å². The highest BCUT2D eigenvalue weighted by molar-refractivity contribution is 9.10. The van der Waals surface area contributed by atoms with Crippen LogP contribution in [-0.4, -0.2) is 34.5 Å². The molecule has 0 saturated carbocycles. The Morgan fingerprint density at radius 2 is 2.39 bits per heavy atom. The van der Waals surface area contributed by atoms with E-state index in [0.717, 1.165) is 42.5 Å². The summed E-state index contributed by atoms with van der Waals surface area (Å²) in [4.78, 5) is 14.4. The molecule has 0 bridgehead atoms. The summed E-state index contributed by atoms with van der Waals surface area (Å²) >= 11 is 3.44. The molecular formula is C13H20BrN3O. The Bertz CT molecular complexity index is 430. The number of carbonyl (C=O) groups is 1. The van der Waals surface area contributed by atoms with Gasteiger partial charge in [0.2, 0.25) is 0 Å². The number of amides is 1. The standard InChI is InChI=1S/C13H20BrN3O/c1-2-5-16-8-10(14)7-12(16)13(18)17-6-3-4-11(15)9-17/h7-8,11H,2-6,9,15H2,1H3/t11-/m1/s1. The van der Waals surface area contributed by atoms with Gasteiger partial charge in [-0.2, -0.15) is 0 Å². The van der Waals surface area contributed by atoms with Crippen LogP contribution < -0.4 is 5.73 Å². The maximum atomic E-state index is 12.5. The zero-order valence-corrected chi connectivity index (χ0v) is 12.3. The normalized spacial score (nSPS) is 20.2. The van der Waals surface area contributed by atoms with E-state index in [0.29, 0.717) is 6.54 Å². The lowest BCUT2D eigenvalue weighted by molar-refractivity contribution is 0.0697. The number of piperidine rings is 1. The van der Waals surface area contributed by atoms with Crippen molar-refractivity contribution in [1.29, 1.82) is 0 Å². The zero-order valence-electron chi connectivity index (χ0n) is 10.7. The van der Waals surface area contributed by atoms with Gasteiger partial charge in [0.05, 0.1) is 0 Å². The molecule has 2 rings (SSSR count). The molecule has 1 aromatic rings. The van der Waals surface area contributed by atoms with Gasteiger partial charge < -0.3 is 15.2 Å². The van der Waals surface area contributed by atoms with Crippen LogP contribution in [-0.2, 0) is 6.54 Å². The molecule has 0 radical (unpaired) electrons. The van der Waals surface area contributed by atoms with E-state index >= 15 is 0 Å². The summed E-state index contributed by atoms with van der Waals surface area (Å²) in [6.45, 7) is 4.47. The van der Waals surface area contributed by atoms with Gasteiger partial charge in [0.25, 0.3) is 5.91 Å². The average molecular weight is 314 g/mol. The lowest BCUT2D eigenvalue weighted by Crippen LogP contribution is -2.46. The van der Waals surface area contributed by atoms with Gasteiger partial charge in [0.15, 0.2) is 0 Å². The van der Waals surface area contributed by atoms with Crippen LogP contribution in [0.15, 0.2) is 16.7 Å². The van der Waals surface area contributed by atoms with Gasteiger partial charge in [-0.3, -0.25) is 4.79 Å². The van der Waals surface area contributed by atoms with Gasteiger partial charge in [0.1, 0.15) is 5.69 Å². The molecule has 1 aliphatic heterocycles. The van der Waals surface area contributed by atoms with Crippen molar-refractivity contribution in [3.05, 3.63) is 22.4 Å². The van der Waals surface area contributed by atoms with E-state index in [4.69, 9.17) is 5.73 Å². The number of likely N-dealkylation sites (tertiary alicyclic amines) is 1. The lowest BCUT2D eigenvalue weighted by atomic mass is 10.1. The fourth-order valence-corrected chi connectivity index (χ4v) is 2.90. The number of aryl methyl sites for hydroxylation is 1. The molecule has 2 heterocycles. The maximum Gasteiger partial charge on any atom is 0.270 e. The second kappa shape index (κ2) is 5.89. The highest BCUT2D eigenvalue weighted by atomic mass is 79.9. The predicted molar refractivity (Wildman–Crippen MR) is 75.5 cm³/mol. The number of nitrogens with zero attached hydrogens (tertiary/aromatic N) is 2. The first-order valence-electron chi connectivity index (χ1n) is 6.52. The van der Waals surface area contributed by atoms with Crippen molar-refractivity contribution in [2.75, 3.05) is 13.1 Å². The van der Waals surface area contributed by atoms with E-state index in [9.17, 15) is 4.79 Å². The van der Waals surface area contributed by atoms with E-state index in [2.05, 4.69) is 22.9 Å². The molecule has 0 aliphatic carbocycles. The number of rotatable bonds is 3. The molecule has 5 heteroatoms. The zero-order chi connectivity index (χ0) is 13.1. The van der Waals surface area contributed by atoms with Crippen LogP contribution in [0.25, 0.3) is 0 Å². The van der Waals surface area contributed by atoms with Gasteiger partial charge in [0, 0.05) is 36.3 Å². The SMILES string of the molecule is CCCn1cc(Br)cc1C(=O)N1CCC[C@@H](N)C1. The van der Waals surface area contributed by atoms with Crippen LogP contribution in [0.1, 0.15) is 36.7 Å². The summed E-state index contributed by atoms with van der Waals surface area (Å²) in [6, 6.07) is 2.03. The number of hydrogen-bond acceptors (Lipinski definition) is 2. The maximum absolute atomic E-state index is 12.5. The minimum absolute atomic E-state index is 0.101. The van der Waals surface area contributed by atoms with Crippen LogP contribution in [0.5, 0.6) is 0 Å². The molecule has 0 unspecified atom stereocenters. The van der Waals surface area contributed by atoms with Gasteiger partial charge in [-0.25, -0.2) is 0 Å². The molecule has 1 amide bonds. The Kier molecular flexibility index (Phi) is 4.45. The first-order valence-corrected chi connectivity index (χ1v) is 7.31. The molecule has 1 fully saturated rings. The van der Waals surface area contributed by atoms with Gasteiger partial charge >= 0.3 is 0 Å². The van der Waals surface area contributed by atoms with E-state index in [1.165, 1.54) is 0 Å². The van der Waals surface area contributed by atoms with Gasteiger partial charge in [-0.05, 0) is 41.3 Å². The van der Waals surface area contributed by atoms with Crippen molar-refractivity contribution in [2.45, 2.75) is 38.8 Å². The number of hydrogen-bond donors (Lipinski definition) is 1. The topological polar surface area (TPSA) is 51.3 Å². The Morgan fingerprint density at radius 3 is 3.06 bits per heavy atom. The fraction of sp³-hybridized carbons (Fsp3) is 0.615. The monoisotopic (exact) mass is 313 g/mol. The molecule has 4 nitrogen and oxygen atoms in total. The average Bonchev–Trinajstić information content (AvgIpc) is 2.70. The molecule has 2 N–H and O–H groups in total. The molecule has 1 aromatic heterocycles. The molecule has 100 valence electrons. The van der Waals surface area contributed by atoms with Gasteiger partial charge in [-0.15, -0.1) is 0 Å². The molecule has 1 saturated heterocycles. The van der Waals surface area contributed by atoms with Crippen LogP contribution in [0.4, 0.5) is 0 Å². The van der Waals surface area contributed by atoms with E-state index in [-0.39, 0.29) is 11.9 Å². The predicted octanol–water partition coefficient (Wildman–Crippen LogP) is 2.22. The Labute approximate surface area is 116 Å². The second-order valence-electron chi connectivity index (χ2n) is 4.89. The highest BCUT2D eigenvalue weighted by Crippen LogP contribution is 2.19. The summed E-state index contributed by atoms with van der Waals surface area (Å²) in [5.41, 5.74) is 6.69. The molecule has 0 spiro atoms. The molecular weight excluding hydrogens is 294 g/mol. The first kappa shape index (κ1) is 13.6. The summed E-state index contributed by atoms with van der Waals surface area (Å²) in [5.74, 6) is 0.101. The quantitative estimate of drug-likeness (QED) is 0.930. The molecule has 18 heavy (non-hydrogen) atoms. The third-order valence-corrected chi connectivity index (χ3v) is 3.73. The Balaban J connectivity index is 2.17. The number of nitrogens with two attached hydrogens (primary N) is 1. The second-order valence-corrected chi connectivity index (χ2v) is 5.81. The third kappa shape index (κ3) is 2.95. The molecule has 1 aliphatic rings. The summed E-state index contributed by atoms with van der Waals surface area (Å²) in [5, 5.41) is 0. The fourth-order valence-electron chi connectivity index (χ4n) is 2.44. The van der Waals surface area contributed by atoms with E-state index in [1.54, 1.807) is 0 Å². The number of carbonyl (C=O) groups excluding carboxylic acids is 1. The van der Waals surface area contributed by atoms with Crippen LogP contribution >= 0.6 is 15.9 Å². The van der Waals surface area contributed by atoms with Crippen LogP contribution in [0, 0.1) is 0 Å². The van der Waals surface area contributed by atoms with Crippen LogP contribution in [0.2, 0.25) is 0 Å².